The maximum absolute atomic E-state index is 6.08. The molecule has 1 fully saturated rings. The highest BCUT2D eigenvalue weighted by molar-refractivity contribution is 5.79. The minimum absolute atomic E-state index is 0.243. The highest BCUT2D eigenvalue weighted by atomic mass is 16.5. The van der Waals surface area contributed by atoms with Crippen LogP contribution in [0.2, 0.25) is 0 Å². The lowest BCUT2D eigenvalue weighted by atomic mass is 10.1. The summed E-state index contributed by atoms with van der Waals surface area (Å²) in [6.07, 6.45) is 3.94. The second-order valence-electron chi connectivity index (χ2n) is 7.00. The molecule has 0 spiro atoms. The molecule has 4 rings (SSSR count). The number of likely N-dealkylation sites (tertiary alicyclic amines) is 1. The molecule has 0 bridgehead atoms. The summed E-state index contributed by atoms with van der Waals surface area (Å²) in [6.45, 7) is 2.30. The van der Waals surface area contributed by atoms with E-state index in [0.717, 1.165) is 49.0 Å². The first-order valence-electron chi connectivity index (χ1n) is 9.99. The predicted octanol–water partition coefficient (Wildman–Crippen LogP) is 3.96. The third-order valence-corrected chi connectivity index (χ3v) is 5.01. The number of nitrogens with zero attached hydrogens (tertiary/aromatic N) is 3. The Morgan fingerprint density at radius 2 is 1.79 bits per heavy atom. The molecule has 2 aromatic carbocycles. The zero-order valence-corrected chi connectivity index (χ0v) is 16.6. The van der Waals surface area contributed by atoms with Gasteiger partial charge in [-0.05, 0) is 12.1 Å². The molecule has 0 radical (unpaired) electrons. The van der Waals surface area contributed by atoms with E-state index >= 15 is 0 Å². The Kier molecular flexibility index (Phi) is 6.10. The van der Waals surface area contributed by atoms with Gasteiger partial charge >= 0.3 is 0 Å². The van der Waals surface area contributed by atoms with E-state index < -0.39 is 0 Å². The number of hydrogen-bond acceptors (Lipinski definition) is 4. The van der Waals surface area contributed by atoms with Crippen molar-refractivity contribution >= 4 is 5.96 Å². The number of nitrogens with one attached hydrogen (secondary N) is 1. The number of rotatable bonds is 5. The summed E-state index contributed by atoms with van der Waals surface area (Å²) >= 11 is 0. The zero-order chi connectivity index (χ0) is 19.9. The van der Waals surface area contributed by atoms with Crippen LogP contribution in [0, 0.1) is 0 Å². The van der Waals surface area contributed by atoms with Gasteiger partial charge in [-0.25, -0.2) is 4.98 Å². The smallest absolute Gasteiger partial charge is 0.214 e. The van der Waals surface area contributed by atoms with Gasteiger partial charge < -0.3 is 19.4 Å². The Balaban J connectivity index is 1.28. The standard InChI is InChI=1S/C23H26N4O2/c1-24-23(26-17-22-25-16-21(29-22)18-8-4-2-5-9-18)27-14-12-20(13-15-27)28-19-10-6-3-7-11-19/h2-11,16,20H,12-15,17H2,1H3,(H,24,26). The zero-order valence-electron chi connectivity index (χ0n) is 16.6. The van der Waals surface area contributed by atoms with Gasteiger partial charge in [-0.15, -0.1) is 0 Å². The number of aliphatic imine (C=N–C) groups is 1. The molecule has 29 heavy (non-hydrogen) atoms. The van der Waals surface area contributed by atoms with Crippen molar-refractivity contribution in [2.45, 2.75) is 25.5 Å². The van der Waals surface area contributed by atoms with Crippen molar-refractivity contribution in [3.8, 4) is 17.1 Å². The Morgan fingerprint density at radius 3 is 2.48 bits per heavy atom. The van der Waals surface area contributed by atoms with Gasteiger partial charge in [0.15, 0.2) is 11.7 Å². The summed E-state index contributed by atoms with van der Waals surface area (Å²) in [5.74, 6) is 3.22. The van der Waals surface area contributed by atoms with E-state index in [1.165, 1.54) is 0 Å². The Morgan fingerprint density at radius 1 is 1.10 bits per heavy atom. The molecule has 0 unspecified atom stereocenters. The van der Waals surface area contributed by atoms with E-state index in [-0.39, 0.29) is 6.10 Å². The topological polar surface area (TPSA) is 62.9 Å². The first-order chi connectivity index (χ1) is 14.3. The third kappa shape index (κ3) is 4.96. The number of hydrogen-bond donors (Lipinski definition) is 1. The van der Waals surface area contributed by atoms with E-state index in [9.17, 15) is 0 Å². The highest BCUT2D eigenvalue weighted by Crippen LogP contribution is 2.20. The van der Waals surface area contributed by atoms with Crippen molar-refractivity contribution in [2.24, 2.45) is 4.99 Å². The fourth-order valence-electron chi connectivity index (χ4n) is 3.49. The molecule has 6 nitrogen and oxygen atoms in total. The molecule has 0 amide bonds. The van der Waals surface area contributed by atoms with E-state index in [4.69, 9.17) is 9.15 Å². The minimum Gasteiger partial charge on any atom is -0.490 e. The van der Waals surface area contributed by atoms with E-state index in [1.54, 1.807) is 13.2 Å². The van der Waals surface area contributed by atoms with Gasteiger partial charge in [0.1, 0.15) is 11.9 Å². The quantitative estimate of drug-likeness (QED) is 0.528. The number of guanidine groups is 1. The first-order valence-corrected chi connectivity index (χ1v) is 9.99. The average molecular weight is 390 g/mol. The molecular formula is C23H26N4O2. The summed E-state index contributed by atoms with van der Waals surface area (Å²) in [7, 11) is 1.81. The van der Waals surface area contributed by atoms with Crippen molar-refractivity contribution in [3.63, 3.8) is 0 Å². The van der Waals surface area contributed by atoms with Crippen LogP contribution >= 0.6 is 0 Å². The minimum atomic E-state index is 0.243. The lowest BCUT2D eigenvalue weighted by molar-refractivity contribution is 0.129. The van der Waals surface area contributed by atoms with Crippen molar-refractivity contribution in [3.05, 3.63) is 72.8 Å². The lowest BCUT2D eigenvalue weighted by Crippen LogP contribution is -2.47. The number of aromatic nitrogens is 1. The maximum atomic E-state index is 6.08. The SMILES string of the molecule is CN=C(NCc1ncc(-c2ccccc2)o1)N1CCC(Oc2ccccc2)CC1. The van der Waals surface area contributed by atoms with Gasteiger partial charge in [0.05, 0.1) is 12.7 Å². The first kappa shape index (κ1) is 19.1. The Bertz CT molecular complexity index is 916. The van der Waals surface area contributed by atoms with Gasteiger partial charge in [-0.1, -0.05) is 48.5 Å². The van der Waals surface area contributed by atoms with Crippen molar-refractivity contribution in [2.75, 3.05) is 20.1 Å². The summed E-state index contributed by atoms with van der Waals surface area (Å²) in [5.41, 5.74) is 1.02. The molecule has 6 heteroatoms. The number of para-hydroxylation sites is 1. The molecule has 0 aliphatic carbocycles. The van der Waals surface area contributed by atoms with Gasteiger partial charge in [0.2, 0.25) is 5.89 Å². The number of oxazole rings is 1. The van der Waals surface area contributed by atoms with E-state index in [1.807, 2.05) is 60.7 Å². The van der Waals surface area contributed by atoms with Crippen molar-refractivity contribution in [1.82, 2.24) is 15.2 Å². The third-order valence-electron chi connectivity index (χ3n) is 5.01. The van der Waals surface area contributed by atoms with Crippen molar-refractivity contribution in [1.29, 1.82) is 0 Å². The lowest BCUT2D eigenvalue weighted by Gasteiger charge is -2.34. The number of benzene rings is 2. The monoisotopic (exact) mass is 390 g/mol. The molecule has 1 aliphatic rings. The van der Waals surface area contributed by atoms with Gasteiger partial charge in [-0.3, -0.25) is 4.99 Å². The molecular weight excluding hydrogens is 364 g/mol. The Labute approximate surface area is 171 Å². The predicted molar refractivity (Wildman–Crippen MR) is 114 cm³/mol. The van der Waals surface area contributed by atoms with Gasteiger partial charge in [-0.2, -0.15) is 0 Å². The van der Waals surface area contributed by atoms with Crippen LogP contribution in [0.5, 0.6) is 5.75 Å². The summed E-state index contributed by atoms with van der Waals surface area (Å²) < 4.78 is 11.9. The molecule has 150 valence electrons. The second kappa shape index (κ2) is 9.28. The molecule has 3 aromatic rings. The molecule has 0 atom stereocenters. The molecule has 1 N–H and O–H groups in total. The molecule has 0 saturated carbocycles. The fourth-order valence-corrected chi connectivity index (χ4v) is 3.49. The highest BCUT2D eigenvalue weighted by Gasteiger charge is 2.23. The molecule has 1 aliphatic heterocycles. The van der Waals surface area contributed by atoms with Gasteiger partial charge in [0, 0.05) is 38.5 Å². The summed E-state index contributed by atoms with van der Waals surface area (Å²) in [5, 5.41) is 3.36. The van der Waals surface area contributed by atoms with E-state index in [2.05, 4.69) is 20.2 Å². The molecule has 1 saturated heterocycles. The normalized spacial score (nSPS) is 15.3. The number of ether oxygens (including phenoxy) is 1. The second-order valence-corrected chi connectivity index (χ2v) is 7.00. The van der Waals surface area contributed by atoms with Crippen LogP contribution in [0.25, 0.3) is 11.3 Å². The Hall–Kier alpha value is -3.28. The average Bonchev–Trinajstić information content (AvgIpc) is 3.26. The van der Waals surface area contributed by atoms with Crippen LogP contribution in [0.4, 0.5) is 0 Å². The maximum Gasteiger partial charge on any atom is 0.214 e. The fraction of sp³-hybridized carbons (Fsp3) is 0.304. The number of piperidine rings is 1. The van der Waals surface area contributed by atoms with Crippen molar-refractivity contribution < 1.29 is 9.15 Å². The largest absolute Gasteiger partial charge is 0.490 e. The molecule has 2 heterocycles. The molecule has 1 aromatic heterocycles. The van der Waals surface area contributed by atoms with Crippen LogP contribution in [0.15, 0.2) is 76.3 Å². The van der Waals surface area contributed by atoms with E-state index in [0.29, 0.717) is 12.4 Å². The van der Waals surface area contributed by atoms with Crippen LogP contribution < -0.4 is 10.1 Å². The summed E-state index contributed by atoms with van der Waals surface area (Å²) in [6, 6.07) is 20.0. The van der Waals surface area contributed by atoms with Crippen LogP contribution in [-0.2, 0) is 6.54 Å². The van der Waals surface area contributed by atoms with Crippen LogP contribution in [0.3, 0.4) is 0 Å². The van der Waals surface area contributed by atoms with Gasteiger partial charge in [0.25, 0.3) is 0 Å². The summed E-state index contributed by atoms with van der Waals surface area (Å²) in [4.78, 5) is 11.1. The van der Waals surface area contributed by atoms with Crippen LogP contribution in [0.1, 0.15) is 18.7 Å². The van der Waals surface area contributed by atoms with Crippen LogP contribution in [-0.4, -0.2) is 42.1 Å².